The smallest absolute Gasteiger partial charge is 0.232 e. The Morgan fingerprint density at radius 1 is 1.19 bits per heavy atom. The molecule has 82 valence electrons. The van der Waals surface area contributed by atoms with Gasteiger partial charge in [0.15, 0.2) is 0 Å². The molecule has 1 aromatic carbocycles. The van der Waals surface area contributed by atoms with Crippen molar-refractivity contribution in [3.05, 3.63) is 48.0 Å². The number of anilines is 1. The molecule has 4 nitrogen and oxygen atoms in total. The molecule has 1 heterocycles. The number of nitrogens with two attached hydrogens (primary N) is 1. The van der Waals surface area contributed by atoms with E-state index in [-0.39, 0.29) is 12.4 Å². The first kappa shape index (κ1) is 10.4. The Morgan fingerprint density at radius 2 is 2.00 bits per heavy atom. The van der Waals surface area contributed by atoms with Gasteiger partial charge < -0.3 is 10.5 Å². The third-order valence-electron chi connectivity index (χ3n) is 1.98. The summed E-state index contributed by atoms with van der Waals surface area (Å²) in [6, 6.07) is 6.41. The van der Waals surface area contributed by atoms with Crippen LogP contribution in [0.2, 0.25) is 0 Å². The van der Waals surface area contributed by atoms with Crippen molar-refractivity contribution in [3.8, 4) is 5.88 Å². The molecule has 0 bridgehead atoms. The summed E-state index contributed by atoms with van der Waals surface area (Å²) in [5, 5.41) is 0. The minimum atomic E-state index is -0.300. The molecule has 2 aromatic rings. The number of halogens is 1. The highest BCUT2D eigenvalue weighted by Crippen LogP contribution is 2.11. The second-order valence-corrected chi connectivity index (χ2v) is 3.16. The molecule has 2 rings (SSSR count). The van der Waals surface area contributed by atoms with Crippen molar-refractivity contribution in [1.29, 1.82) is 0 Å². The van der Waals surface area contributed by atoms with E-state index in [1.165, 1.54) is 18.5 Å². The molecule has 0 fully saturated rings. The number of ether oxygens (including phenoxy) is 1. The van der Waals surface area contributed by atoms with E-state index in [0.717, 1.165) is 0 Å². The van der Waals surface area contributed by atoms with Crippen LogP contribution >= 0.6 is 0 Å². The highest BCUT2D eigenvalue weighted by molar-refractivity contribution is 5.24. The van der Waals surface area contributed by atoms with Crippen LogP contribution in [0.5, 0.6) is 5.88 Å². The van der Waals surface area contributed by atoms with Crippen molar-refractivity contribution in [2.24, 2.45) is 0 Å². The SMILES string of the molecule is Nc1cnc(OCc2ccccc2F)cn1. The van der Waals surface area contributed by atoms with Crippen molar-refractivity contribution >= 4 is 5.82 Å². The van der Waals surface area contributed by atoms with Crippen LogP contribution < -0.4 is 10.5 Å². The minimum absolute atomic E-state index is 0.116. The van der Waals surface area contributed by atoms with Gasteiger partial charge >= 0.3 is 0 Å². The van der Waals surface area contributed by atoms with Gasteiger partial charge in [0.1, 0.15) is 18.2 Å². The van der Waals surface area contributed by atoms with E-state index in [0.29, 0.717) is 17.3 Å². The van der Waals surface area contributed by atoms with Crippen LogP contribution in [0.25, 0.3) is 0 Å². The first-order chi connectivity index (χ1) is 7.75. The Morgan fingerprint density at radius 3 is 2.69 bits per heavy atom. The lowest BCUT2D eigenvalue weighted by Gasteiger charge is -2.05. The lowest BCUT2D eigenvalue weighted by atomic mass is 10.2. The predicted octanol–water partition coefficient (Wildman–Crippen LogP) is 1.78. The Balaban J connectivity index is 2.02. The lowest BCUT2D eigenvalue weighted by Crippen LogP contribution is -2.00. The topological polar surface area (TPSA) is 61.0 Å². The van der Waals surface area contributed by atoms with E-state index >= 15 is 0 Å². The zero-order valence-electron chi connectivity index (χ0n) is 8.43. The Kier molecular flexibility index (Phi) is 2.95. The van der Waals surface area contributed by atoms with Gasteiger partial charge in [0, 0.05) is 5.56 Å². The molecule has 2 N–H and O–H groups in total. The fourth-order valence-corrected chi connectivity index (χ4v) is 1.17. The molecule has 0 unspecified atom stereocenters. The molecule has 0 saturated carbocycles. The molecule has 0 spiro atoms. The molecule has 0 radical (unpaired) electrons. The van der Waals surface area contributed by atoms with Crippen LogP contribution in [-0.2, 0) is 6.61 Å². The van der Waals surface area contributed by atoms with Crippen molar-refractivity contribution in [3.63, 3.8) is 0 Å². The molecular formula is C11H10FN3O. The van der Waals surface area contributed by atoms with Crippen molar-refractivity contribution in [2.75, 3.05) is 5.73 Å². The van der Waals surface area contributed by atoms with Crippen LogP contribution in [0.4, 0.5) is 10.2 Å². The van der Waals surface area contributed by atoms with Gasteiger partial charge in [0.25, 0.3) is 0 Å². The van der Waals surface area contributed by atoms with Gasteiger partial charge in [-0.25, -0.2) is 14.4 Å². The number of hydrogen-bond donors (Lipinski definition) is 1. The summed E-state index contributed by atoms with van der Waals surface area (Å²) in [6.07, 6.45) is 2.78. The van der Waals surface area contributed by atoms with Gasteiger partial charge in [0.05, 0.1) is 12.4 Å². The summed E-state index contributed by atoms with van der Waals surface area (Å²) < 4.78 is 18.5. The van der Waals surface area contributed by atoms with Crippen LogP contribution in [0.3, 0.4) is 0 Å². The van der Waals surface area contributed by atoms with Crippen molar-refractivity contribution in [2.45, 2.75) is 6.61 Å². The van der Waals surface area contributed by atoms with E-state index in [4.69, 9.17) is 10.5 Å². The summed E-state index contributed by atoms with van der Waals surface area (Å²) in [5.74, 6) is 0.335. The maximum absolute atomic E-state index is 13.2. The van der Waals surface area contributed by atoms with Crippen LogP contribution in [0.15, 0.2) is 36.7 Å². The summed E-state index contributed by atoms with van der Waals surface area (Å²) >= 11 is 0. The highest BCUT2D eigenvalue weighted by Gasteiger charge is 2.02. The van der Waals surface area contributed by atoms with Gasteiger partial charge in [-0.05, 0) is 6.07 Å². The molecule has 0 aliphatic rings. The number of rotatable bonds is 3. The van der Waals surface area contributed by atoms with Gasteiger partial charge in [0.2, 0.25) is 5.88 Å². The zero-order chi connectivity index (χ0) is 11.4. The number of nitrogen functional groups attached to an aromatic ring is 1. The van der Waals surface area contributed by atoms with Gasteiger partial charge in [-0.1, -0.05) is 18.2 Å². The highest BCUT2D eigenvalue weighted by atomic mass is 19.1. The quantitative estimate of drug-likeness (QED) is 0.854. The van der Waals surface area contributed by atoms with Crippen molar-refractivity contribution in [1.82, 2.24) is 9.97 Å². The first-order valence-corrected chi connectivity index (χ1v) is 4.69. The van der Waals surface area contributed by atoms with Crippen LogP contribution in [0, 0.1) is 5.82 Å². The normalized spacial score (nSPS) is 10.1. The number of aromatic nitrogens is 2. The summed E-state index contributed by atoms with van der Waals surface area (Å²) in [6.45, 7) is 0.116. The average Bonchev–Trinajstić information content (AvgIpc) is 2.30. The van der Waals surface area contributed by atoms with E-state index in [2.05, 4.69) is 9.97 Å². The standard InChI is InChI=1S/C11H10FN3O/c12-9-4-2-1-3-8(9)7-16-11-6-14-10(13)5-15-11/h1-6H,7H2,(H2,13,14). The fourth-order valence-electron chi connectivity index (χ4n) is 1.17. The third-order valence-corrected chi connectivity index (χ3v) is 1.98. The van der Waals surface area contributed by atoms with Gasteiger partial charge in [-0.2, -0.15) is 0 Å². The Labute approximate surface area is 91.9 Å². The Bertz CT molecular complexity index is 473. The van der Waals surface area contributed by atoms with Gasteiger partial charge in [-0.3, -0.25) is 0 Å². The van der Waals surface area contributed by atoms with Crippen LogP contribution in [-0.4, -0.2) is 9.97 Å². The van der Waals surface area contributed by atoms with E-state index < -0.39 is 0 Å². The van der Waals surface area contributed by atoms with E-state index in [9.17, 15) is 4.39 Å². The monoisotopic (exact) mass is 219 g/mol. The third kappa shape index (κ3) is 2.44. The summed E-state index contributed by atoms with van der Waals surface area (Å²) in [4.78, 5) is 7.70. The molecule has 1 aromatic heterocycles. The first-order valence-electron chi connectivity index (χ1n) is 4.69. The molecule has 0 saturated heterocycles. The Hall–Kier alpha value is -2.17. The average molecular weight is 219 g/mol. The largest absolute Gasteiger partial charge is 0.472 e. The second-order valence-electron chi connectivity index (χ2n) is 3.16. The molecule has 0 amide bonds. The molecule has 0 aliphatic carbocycles. The molecule has 0 atom stereocenters. The molecule has 0 aliphatic heterocycles. The number of hydrogen-bond acceptors (Lipinski definition) is 4. The second kappa shape index (κ2) is 4.57. The summed E-state index contributed by atoms with van der Waals surface area (Å²) in [5.41, 5.74) is 5.84. The van der Waals surface area contributed by atoms with Gasteiger partial charge in [-0.15, -0.1) is 0 Å². The predicted molar refractivity (Wildman–Crippen MR) is 57.2 cm³/mol. The number of benzene rings is 1. The lowest BCUT2D eigenvalue weighted by molar-refractivity contribution is 0.287. The van der Waals surface area contributed by atoms with E-state index in [1.54, 1.807) is 18.2 Å². The molecule has 5 heteroatoms. The minimum Gasteiger partial charge on any atom is -0.472 e. The maximum atomic E-state index is 13.2. The van der Waals surface area contributed by atoms with Crippen molar-refractivity contribution < 1.29 is 9.13 Å². The van der Waals surface area contributed by atoms with Crippen LogP contribution in [0.1, 0.15) is 5.56 Å². The zero-order valence-corrected chi connectivity index (χ0v) is 8.43. The molecular weight excluding hydrogens is 209 g/mol. The summed E-state index contributed by atoms with van der Waals surface area (Å²) in [7, 11) is 0. The molecule has 16 heavy (non-hydrogen) atoms. The fraction of sp³-hybridized carbons (Fsp3) is 0.0909. The van der Waals surface area contributed by atoms with E-state index in [1.807, 2.05) is 0 Å². The number of nitrogens with zero attached hydrogens (tertiary/aromatic N) is 2. The maximum Gasteiger partial charge on any atom is 0.232 e.